The van der Waals surface area contributed by atoms with Gasteiger partial charge in [-0.1, -0.05) is 11.6 Å². The van der Waals surface area contributed by atoms with Gasteiger partial charge in [0.15, 0.2) is 5.69 Å². The molecule has 1 atom stereocenters. The number of carbonyl (C=O) groups is 1. The Kier molecular flexibility index (Phi) is 5.76. The van der Waals surface area contributed by atoms with Gasteiger partial charge in [-0.2, -0.15) is 23.4 Å². The Morgan fingerprint density at radius 3 is 2.56 bits per heavy atom. The van der Waals surface area contributed by atoms with E-state index in [0.29, 0.717) is 24.5 Å². The predicted octanol–water partition coefficient (Wildman–Crippen LogP) is 3.14. The van der Waals surface area contributed by atoms with Gasteiger partial charge in [0, 0.05) is 25.0 Å². The number of aromatic nitrogens is 4. The fourth-order valence-corrected chi connectivity index (χ4v) is 2.49. The molecule has 0 saturated heterocycles. The zero-order valence-electron chi connectivity index (χ0n) is 14.1. The maximum absolute atomic E-state index is 12.7. The summed E-state index contributed by atoms with van der Waals surface area (Å²) in [6.07, 6.45) is -2.22. The van der Waals surface area contributed by atoms with E-state index >= 15 is 0 Å². The van der Waals surface area contributed by atoms with Gasteiger partial charge < -0.3 is 5.32 Å². The summed E-state index contributed by atoms with van der Waals surface area (Å²) in [5.74, 6) is -0.394. The molecule has 0 aromatic carbocycles. The summed E-state index contributed by atoms with van der Waals surface area (Å²) in [7, 11) is 0. The van der Waals surface area contributed by atoms with Crippen molar-refractivity contribution in [3.05, 3.63) is 34.4 Å². The van der Waals surface area contributed by atoms with Crippen molar-refractivity contribution in [2.45, 2.75) is 46.0 Å². The summed E-state index contributed by atoms with van der Waals surface area (Å²) in [4.78, 5) is 12.1. The minimum atomic E-state index is -4.53. The fraction of sp³-hybridized carbons (Fsp3) is 0.533. The SMILES string of the molecule is Cc1nn(CCCNC(=O)C(C)n2nc(C(F)(F)F)cc2C)cc1Cl. The monoisotopic (exact) mass is 377 g/mol. The maximum Gasteiger partial charge on any atom is 0.435 e. The van der Waals surface area contributed by atoms with E-state index in [1.54, 1.807) is 17.8 Å². The van der Waals surface area contributed by atoms with Crippen molar-refractivity contribution in [1.82, 2.24) is 24.9 Å². The van der Waals surface area contributed by atoms with Crippen molar-refractivity contribution in [3.63, 3.8) is 0 Å². The average molecular weight is 378 g/mol. The summed E-state index contributed by atoms with van der Waals surface area (Å²) in [6.45, 7) is 5.72. The second-order valence-electron chi connectivity index (χ2n) is 5.76. The summed E-state index contributed by atoms with van der Waals surface area (Å²) < 4.78 is 40.8. The standard InChI is InChI=1S/C15H19ClF3N5O/c1-9-7-13(15(17,18)19)22-24(9)11(3)14(25)20-5-4-6-23-8-12(16)10(2)21-23/h7-8,11H,4-6H2,1-3H3,(H,20,25). The van der Waals surface area contributed by atoms with Crippen LogP contribution in [0.25, 0.3) is 0 Å². The van der Waals surface area contributed by atoms with Gasteiger partial charge in [-0.05, 0) is 33.3 Å². The normalized spacial score (nSPS) is 13.1. The van der Waals surface area contributed by atoms with Crippen LogP contribution in [-0.4, -0.2) is 32.0 Å². The van der Waals surface area contributed by atoms with Crippen molar-refractivity contribution >= 4 is 17.5 Å². The van der Waals surface area contributed by atoms with Crippen molar-refractivity contribution in [1.29, 1.82) is 0 Å². The first-order valence-corrected chi connectivity index (χ1v) is 8.08. The number of nitrogens with one attached hydrogen (secondary N) is 1. The molecule has 25 heavy (non-hydrogen) atoms. The Balaban J connectivity index is 1.87. The molecule has 0 aliphatic carbocycles. The number of halogens is 4. The molecule has 0 fully saturated rings. The highest BCUT2D eigenvalue weighted by molar-refractivity contribution is 6.31. The molecule has 1 unspecified atom stereocenters. The van der Waals surface area contributed by atoms with E-state index in [1.807, 2.05) is 0 Å². The highest BCUT2D eigenvalue weighted by atomic mass is 35.5. The van der Waals surface area contributed by atoms with E-state index in [9.17, 15) is 18.0 Å². The van der Waals surface area contributed by atoms with Crippen LogP contribution in [-0.2, 0) is 17.5 Å². The van der Waals surface area contributed by atoms with Crippen molar-refractivity contribution in [2.24, 2.45) is 0 Å². The molecule has 0 radical (unpaired) electrons. The van der Waals surface area contributed by atoms with Gasteiger partial charge in [-0.15, -0.1) is 0 Å². The molecule has 138 valence electrons. The number of hydrogen-bond acceptors (Lipinski definition) is 3. The fourth-order valence-electron chi connectivity index (χ4n) is 2.34. The van der Waals surface area contributed by atoms with Crippen LogP contribution in [0.1, 0.15) is 36.5 Å². The lowest BCUT2D eigenvalue weighted by atomic mass is 10.3. The Labute approximate surface area is 147 Å². The third-order valence-electron chi connectivity index (χ3n) is 3.71. The zero-order chi connectivity index (χ0) is 18.8. The quantitative estimate of drug-likeness (QED) is 0.786. The van der Waals surface area contributed by atoms with E-state index in [2.05, 4.69) is 15.5 Å². The highest BCUT2D eigenvalue weighted by Crippen LogP contribution is 2.29. The number of rotatable bonds is 6. The molecule has 10 heteroatoms. The van der Waals surface area contributed by atoms with E-state index in [-0.39, 0.29) is 5.69 Å². The Hall–Kier alpha value is -2.03. The number of alkyl halides is 3. The molecule has 0 aliphatic heterocycles. The topological polar surface area (TPSA) is 64.7 Å². The van der Waals surface area contributed by atoms with Crippen LogP contribution >= 0.6 is 11.6 Å². The number of aryl methyl sites for hydroxylation is 3. The Morgan fingerprint density at radius 1 is 1.36 bits per heavy atom. The lowest BCUT2D eigenvalue weighted by Gasteiger charge is -2.14. The molecule has 0 saturated carbocycles. The van der Waals surface area contributed by atoms with Gasteiger partial charge >= 0.3 is 6.18 Å². The van der Waals surface area contributed by atoms with Crippen molar-refractivity contribution in [2.75, 3.05) is 6.54 Å². The van der Waals surface area contributed by atoms with Crippen LogP contribution in [0.15, 0.2) is 12.3 Å². The molecular formula is C15H19ClF3N5O. The molecule has 1 N–H and O–H groups in total. The van der Waals surface area contributed by atoms with E-state index < -0.39 is 23.8 Å². The smallest absolute Gasteiger partial charge is 0.354 e. The van der Waals surface area contributed by atoms with Crippen LogP contribution in [0.4, 0.5) is 13.2 Å². The minimum absolute atomic E-state index is 0.275. The van der Waals surface area contributed by atoms with E-state index in [0.717, 1.165) is 16.4 Å². The number of carbonyl (C=O) groups excluding carboxylic acids is 1. The molecule has 2 aromatic rings. The van der Waals surface area contributed by atoms with Gasteiger partial charge in [0.2, 0.25) is 5.91 Å². The first-order valence-electron chi connectivity index (χ1n) is 7.70. The third-order valence-corrected chi connectivity index (χ3v) is 4.08. The average Bonchev–Trinajstić information content (AvgIpc) is 3.05. The molecule has 0 aliphatic rings. The Morgan fingerprint density at radius 2 is 2.04 bits per heavy atom. The number of hydrogen-bond donors (Lipinski definition) is 1. The maximum atomic E-state index is 12.7. The first kappa shape index (κ1) is 19.3. The largest absolute Gasteiger partial charge is 0.435 e. The van der Waals surface area contributed by atoms with Gasteiger partial charge in [-0.3, -0.25) is 14.2 Å². The summed E-state index contributed by atoms with van der Waals surface area (Å²) >= 11 is 5.91. The van der Waals surface area contributed by atoms with Gasteiger partial charge in [0.25, 0.3) is 0 Å². The molecule has 0 bridgehead atoms. The van der Waals surface area contributed by atoms with E-state index in [1.165, 1.54) is 13.8 Å². The van der Waals surface area contributed by atoms with Crippen LogP contribution in [0, 0.1) is 13.8 Å². The van der Waals surface area contributed by atoms with E-state index in [4.69, 9.17) is 11.6 Å². The molecule has 6 nitrogen and oxygen atoms in total. The summed E-state index contributed by atoms with van der Waals surface area (Å²) in [5, 5.41) is 11.0. The van der Waals surface area contributed by atoms with Crippen LogP contribution in [0.5, 0.6) is 0 Å². The number of nitrogens with zero attached hydrogens (tertiary/aromatic N) is 4. The first-order chi connectivity index (χ1) is 11.6. The van der Waals surface area contributed by atoms with Crippen LogP contribution in [0.2, 0.25) is 5.02 Å². The minimum Gasteiger partial charge on any atom is -0.354 e. The highest BCUT2D eigenvalue weighted by Gasteiger charge is 2.35. The molecular weight excluding hydrogens is 359 g/mol. The lowest BCUT2D eigenvalue weighted by molar-refractivity contribution is -0.142. The summed E-state index contributed by atoms with van der Waals surface area (Å²) in [6, 6.07) is 0.0885. The molecule has 2 rings (SSSR count). The predicted molar refractivity (Wildman–Crippen MR) is 86.3 cm³/mol. The third kappa shape index (κ3) is 4.75. The van der Waals surface area contributed by atoms with Crippen molar-refractivity contribution < 1.29 is 18.0 Å². The molecule has 2 aromatic heterocycles. The Bertz CT molecular complexity index is 733. The van der Waals surface area contributed by atoms with Crippen molar-refractivity contribution in [3.8, 4) is 0 Å². The molecule has 0 spiro atoms. The summed E-state index contributed by atoms with van der Waals surface area (Å²) in [5.41, 5.74) is 0.00108. The second kappa shape index (κ2) is 7.47. The van der Waals surface area contributed by atoms with Crippen LogP contribution in [0.3, 0.4) is 0 Å². The molecule has 1 amide bonds. The number of amides is 1. The lowest BCUT2D eigenvalue weighted by Crippen LogP contribution is -2.33. The molecule has 2 heterocycles. The van der Waals surface area contributed by atoms with Gasteiger partial charge in [0.1, 0.15) is 6.04 Å². The van der Waals surface area contributed by atoms with Crippen LogP contribution < -0.4 is 5.32 Å². The second-order valence-corrected chi connectivity index (χ2v) is 6.17. The van der Waals surface area contributed by atoms with Gasteiger partial charge in [-0.25, -0.2) is 0 Å². The van der Waals surface area contributed by atoms with Gasteiger partial charge in [0.05, 0.1) is 10.7 Å². The zero-order valence-corrected chi connectivity index (χ0v) is 14.8.